The number of benzene rings is 1. The number of hydrogen-bond donors (Lipinski definition) is 2. The van der Waals surface area contributed by atoms with E-state index in [1.807, 2.05) is 0 Å². The summed E-state index contributed by atoms with van der Waals surface area (Å²) in [6.45, 7) is 0.341. The zero-order valence-corrected chi connectivity index (χ0v) is 11.2. The van der Waals surface area contributed by atoms with Gasteiger partial charge in [-0.3, -0.25) is 4.79 Å². The van der Waals surface area contributed by atoms with E-state index < -0.39 is 9.84 Å². The summed E-state index contributed by atoms with van der Waals surface area (Å²) in [5.41, 5.74) is 0.496. The molecular weight excluding hydrogens is 258 g/mol. The van der Waals surface area contributed by atoms with Crippen LogP contribution in [0.5, 0.6) is 0 Å². The van der Waals surface area contributed by atoms with Crippen LogP contribution in [-0.4, -0.2) is 32.9 Å². The molecule has 0 aliphatic heterocycles. The van der Waals surface area contributed by atoms with Crippen molar-refractivity contribution in [2.24, 2.45) is 0 Å². The highest BCUT2D eigenvalue weighted by Gasteiger charge is 2.08. The molecule has 0 aromatic heterocycles. The monoisotopic (exact) mass is 273 g/mol. The second kappa shape index (κ2) is 6.07. The summed E-state index contributed by atoms with van der Waals surface area (Å²) >= 11 is 4.17. The highest BCUT2D eigenvalue weighted by Crippen LogP contribution is 2.12. The van der Waals surface area contributed by atoms with Gasteiger partial charge in [0, 0.05) is 17.7 Å². The molecule has 0 aliphatic carbocycles. The number of carbonyl (C=O) groups excluding carboxylic acids is 1. The third-order valence-electron chi connectivity index (χ3n) is 2.13. The Morgan fingerprint density at radius 1 is 1.35 bits per heavy atom. The van der Waals surface area contributed by atoms with Gasteiger partial charge in [-0.05, 0) is 18.6 Å². The molecule has 0 saturated heterocycles. The molecule has 0 bridgehead atoms. The fourth-order valence-electron chi connectivity index (χ4n) is 1.30. The number of amides is 1. The SMILES string of the molecule is CS(=O)(=O)CCCNC(=O)c1ccccc1S. The van der Waals surface area contributed by atoms with E-state index in [4.69, 9.17) is 0 Å². The van der Waals surface area contributed by atoms with Gasteiger partial charge in [0.2, 0.25) is 0 Å². The summed E-state index contributed by atoms with van der Waals surface area (Å²) in [5, 5.41) is 2.66. The number of carbonyl (C=O) groups is 1. The summed E-state index contributed by atoms with van der Waals surface area (Å²) in [6.07, 6.45) is 1.59. The molecule has 0 unspecified atom stereocenters. The van der Waals surface area contributed by atoms with Gasteiger partial charge in [0.25, 0.3) is 5.91 Å². The van der Waals surface area contributed by atoms with Crippen LogP contribution in [0.1, 0.15) is 16.8 Å². The fourth-order valence-corrected chi connectivity index (χ4v) is 2.23. The van der Waals surface area contributed by atoms with Gasteiger partial charge in [-0.1, -0.05) is 12.1 Å². The predicted molar refractivity (Wildman–Crippen MR) is 70.4 cm³/mol. The Balaban J connectivity index is 2.44. The Labute approximate surface area is 107 Å². The lowest BCUT2D eigenvalue weighted by Gasteiger charge is -2.06. The van der Waals surface area contributed by atoms with E-state index in [1.54, 1.807) is 24.3 Å². The number of nitrogens with one attached hydrogen (secondary N) is 1. The Morgan fingerprint density at radius 3 is 2.59 bits per heavy atom. The zero-order chi connectivity index (χ0) is 12.9. The lowest BCUT2D eigenvalue weighted by atomic mass is 10.2. The molecule has 0 fully saturated rings. The first-order valence-corrected chi connectivity index (χ1v) is 7.65. The van der Waals surface area contributed by atoms with Crippen LogP contribution in [0.15, 0.2) is 29.2 Å². The fraction of sp³-hybridized carbons (Fsp3) is 0.364. The molecule has 1 aromatic carbocycles. The van der Waals surface area contributed by atoms with Crippen LogP contribution in [0.2, 0.25) is 0 Å². The van der Waals surface area contributed by atoms with Crippen LogP contribution in [0, 0.1) is 0 Å². The number of thiol groups is 1. The van der Waals surface area contributed by atoms with Gasteiger partial charge >= 0.3 is 0 Å². The van der Waals surface area contributed by atoms with E-state index in [0.717, 1.165) is 0 Å². The molecule has 6 heteroatoms. The van der Waals surface area contributed by atoms with Crippen molar-refractivity contribution in [2.75, 3.05) is 18.6 Å². The minimum atomic E-state index is -2.96. The molecule has 0 saturated carbocycles. The molecular formula is C11H15NO3S2. The van der Waals surface area contributed by atoms with Crippen LogP contribution >= 0.6 is 12.6 Å². The lowest BCUT2D eigenvalue weighted by molar-refractivity contribution is 0.0951. The Hall–Kier alpha value is -1.01. The van der Waals surface area contributed by atoms with Gasteiger partial charge in [0.1, 0.15) is 9.84 Å². The molecule has 1 rings (SSSR count). The summed E-state index contributed by atoms with van der Waals surface area (Å²) in [4.78, 5) is 12.3. The standard InChI is InChI=1S/C11H15NO3S2/c1-17(14,15)8-4-7-12-11(13)9-5-2-3-6-10(9)16/h2-3,5-6,16H,4,7-8H2,1H3,(H,12,13). The first-order valence-electron chi connectivity index (χ1n) is 5.14. The Kier molecular flexibility index (Phi) is 5.02. The molecule has 1 aromatic rings. The van der Waals surface area contributed by atoms with Crippen molar-refractivity contribution in [2.45, 2.75) is 11.3 Å². The molecule has 0 heterocycles. The molecule has 4 nitrogen and oxygen atoms in total. The van der Waals surface area contributed by atoms with Gasteiger partial charge in [0.05, 0.1) is 11.3 Å². The highest BCUT2D eigenvalue weighted by atomic mass is 32.2. The smallest absolute Gasteiger partial charge is 0.252 e. The maximum absolute atomic E-state index is 11.7. The van der Waals surface area contributed by atoms with E-state index in [2.05, 4.69) is 17.9 Å². The summed E-state index contributed by atoms with van der Waals surface area (Å²) < 4.78 is 21.8. The Bertz CT molecular complexity index is 497. The molecule has 0 radical (unpaired) electrons. The first kappa shape index (κ1) is 14.1. The summed E-state index contributed by atoms with van der Waals surface area (Å²) in [7, 11) is -2.96. The van der Waals surface area contributed by atoms with Crippen molar-refractivity contribution < 1.29 is 13.2 Å². The van der Waals surface area contributed by atoms with Crippen LogP contribution in [-0.2, 0) is 9.84 Å². The van der Waals surface area contributed by atoms with Gasteiger partial charge in [-0.15, -0.1) is 12.6 Å². The minimum Gasteiger partial charge on any atom is -0.352 e. The maximum atomic E-state index is 11.7. The second-order valence-corrected chi connectivity index (χ2v) is 6.50. The van der Waals surface area contributed by atoms with Crippen LogP contribution in [0.3, 0.4) is 0 Å². The van der Waals surface area contributed by atoms with E-state index >= 15 is 0 Å². The van der Waals surface area contributed by atoms with Crippen LogP contribution in [0.4, 0.5) is 0 Å². The molecule has 17 heavy (non-hydrogen) atoms. The largest absolute Gasteiger partial charge is 0.352 e. The molecule has 1 N–H and O–H groups in total. The molecule has 94 valence electrons. The van der Waals surface area contributed by atoms with Crippen LogP contribution in [0.25, 0.3) is 0 Å². The van der Waals surface area contributed by atoms with E-state index in [9.17, 15) is 13.2 Å². The Morgan fingerprint density at radius 2 is 2.00 bits per heavy atom. The average molecular weight is 273 g/mol. The topological polar surface area (TPSA) is 63.2 Å². The van der Waals surface area contributed by atoms with Crippen molar-refractivity contribution in [3.63, 3.8) is 0 Å². The third kappa shape index (κ3) is 5.23. The number of rotatable bonds is 5. The van der Waals surface area contributed by atoms with Crippen molar-refractivity contribution in [3.8, 4) is 0 Å². The molecule has 1 amide bonds. The molecule has 0 spiro atoms. The van der Waals surface area contributed by atoms with E-state index in [0.29, 0.717) is 23.4 Å². The highest BCUT2D eigenvalue weighted by molar-refractivity contribution is 7.90. The van der Waals surface area contributed by atoms with E-state index in [1.165, 1.54) is 6.26 Å². The number of sulfone groups is 1. The van der Waals surface area contributed by atoms with Crippen LogP contribution < -0.4 is 5.32 Å². The van der Waals surface area contributed by atoms with E-state index in [-0.39, 0.29) is 11.7 Å². The third-order valence-corrected chi connectivity index (χ3v) is 3.55. The minimum absolute atomic E-state index is 0.0792. The van der Waals surface area contributed by atoms with Gasteiger partial charge in [0.15, 0.2) is 0 Å². The average Bonchev–Trinajstić information content (AvgIpc) is 2.23. The van der Waals surface area contributed by atoms with Crippen molar-refractivity contribution in [1.29, 1.82) is 0 Å². The van der Waals surface area contributed by atoms with Crippen molar-refractivity contribution >= 4 is 28.4 Å². The summed E-state index contributed by atoms with van der Waals surface area (Å²) in [6, 6.07) is 6.96. The van der Waals surface area contributed by atoms with Gasteiger partial charge in [-0.2, -0.15) is 0 Å². The maximum Gasteiger partial charge on any atom is 0.252 e. The second-order valence-electron chi connectivity index (χ2n) is 3.76. The van der Waals surface area contributed by atoms with Crippen molar-refractivity contribution in [3.05, 3.63) is 29.8 Å². The van der Waals surface area contributed by atoms with Crippen molar-refractivity contribution in [1.82, 2.24) is 5.32 Å². The zero-order valence-electron chi connectivity index (χ0n) is 9.51. The first-order chi connectivity index (χ1) is 7.90. The summed E-state index contributed by atoms with van der Waals surface area (Å²) in [5.74, 6) is -0.153. The lowest BCUT2D eigenvalue weighted by Crippen LogP contribution is -2.26. The predicted octanol–water partition coefficient (Wildman–Crippen LogP) is 1.14. The normalized spacial score (nSPS) is 11.2. The quantitative estimate of drug-likeness (QED) is 0.624. The van der Waals surface area contributed by atoms with Gasteiger partial charge < -0.3 is 5.32 Å². The molecule has 0 atom stereocenters. The molecule has 0 aliphatic rings. The number of hydrogen-bond acceptors (Lipinski definition) is 4. The van der Waals surface area contributed by atoms with Gasteiger partial charge in [-0.25, -0.2) is 8.42 Å².